The van der Waals surface area contributed by atoms with Crippen LogP contribution in [-0.2, 0) is 4.74 Å². The normalized spacial score (nSPS) is 9.57. The molecule has 0 aliphatic rings. The van der Waals surface area contributed by atoms with Gasteiger partial charge in [0.1, 0.15) is 5.82 Å². The molecule has 0 fully saturated rings. The van der Waals surface area contributed by atoms with Crippen molar-refractivity contribution in [3.8, 4) is 0 Å². The van der Waals surface area contributed by atoms with E-state index in [1.54, 1.807) is 0 Å². The maximum absolute atomic E-state index is 11.1. The molecule has 0 saturated heterocycles. The first-order chi connectivity index (χ1) is 6.77. The Morgan fingerprint density at radius 3 is 3.07 bits per heavy atom. The molecule has 0 radical (unpaired) electrons. The smallest absolute Gasteiger partial charge is 0.358 e. The zero-order chi connectivity index (χ0) is 10.4. The molecular formula is C8H12N4O2. The predicted molar refractivity (Wildman–Crippen MR) is 50.9 cm³/mol. The summed E-state index contributed by atoms with van der Waals surface area (Å²) in [4.78, 5) is 18.9. The lowest BCUT2D eigenvalue weighted by Crippen LogP contribution is -2.15. The Hall–Kier alpha value is -1.69. The van der Waals surface area contributed by atoms with Crippen LogP contribution in [0.5, 0.6) is 0 Å². The van der Waals surface area contributed by atoms with Gasteiger partial charge in [-0.2, -0.15) is 0 Å². The molecule has 0 aliphatic heterocycles. The highest BCUT2D eigenvalue weighted by atomic mass is 16.5. The van der Waals surface area contributed by atoms with E-state index in [1.165, 1.54) is 19.5 Å². The summed E-state index contributed by atoms with van der Waals surface area (Å²) in [6.07, 6.45) is 2.86. The average molecular weight is 196 g/mol. The number of carbonyl (C=O) groups is 1. The minimum atomic E-state index is -0.506. The van der Waals surface area contributed by atoms with Crippen LogP contribution >= 0.6 is 0 Å². The molecular weight excluding hydrogens is 184 g/mol. The van der Waals surface area contributed by atoms with E-state index < -0.39 is 5.97 Å². The summed E-state index contributed by atoms with van der Waals surface area (Å²) in [5, 5.41) is 2.91. The number of methoxy groups -OCH3 is 1. The van der Waals surface area contributed by atoms with Gasteiger partial charge in [-0.15, -0.1) is 0 Å². The summed E-state index contributed by atoms with van der Waals surface area (Å²) in [6, 6.07) is 0. The number of nitrogens with zero attached hydrogens (tertiary/aromatic N) is 2. The third kappa shape index (κ3) is 2.67. The molecule has 6 heteroatoms. The summed E-state index contributed by atoms with van der Waals surface area (Å²) in [5.41, 5.74) is 5.47. The third-order valence-electron chi connectivity index (χ3n) is 1.48. The first-order valence-corrected chi connectivity index (χ1v) is 4.12. The van der Waals surface area contributed by atoms with Gasteiger partial charge in [0, 0.05) is 13.1 Å². The van der Waals surface area contributed by atoms with Gasteiger partial charge in [0.25, 0.3) is 0 Å². The van der Waals surface area contributed by atoms with Crippen molar-refractivity contribution in [1.82, 2.24) is 9.97 Å². The number of aromatic nitrogens is 2. The number of carbonyl (C=O) groups excluding carboxylic acids is 1. The second-order valence-corrected chi connectivity index (χ2v) is 2.50. The zero-order valence-electron chi connectivity index (χ0n) is 7.86. The van der Waals surface area contributed by atoms with Crippen LogP contribution in [0.2, 0.25) is 0 Å². The van der Waals surface area contributed by atoms with Crippen LogP contribution in [-0.4, -0.2) is 36.1 Å². The molecule has 0 atom stereocenters. The van der Waals surface area contributed by atoms with E-state index in [0.717, 1.165) is 0 Å². The fourth-order valence-electron chi connectivity index (χ4n) is 0.854. The van der Waals surface area contributed by atoms with Crippen molar-refractivity contribution < 1.29 is 9.53 Å². The molecule has 0 spiro atoms. The maximum Gasteiger partial charge on any atom is 0.358 e. The van der Waals surface area contributed by atoms with Crippen molar-refractivity contribution in [1.29, 1.82) is 0 Å². The first-order valence-electron chi connectivity index (χ1n) is 4.12. The lowest BCUT2D eigenvalue weighted by atomic mass is 10.4. The van der Waals surface area contributed by atoms with E-state index in [0.29, 0.717) is 18.9 Å². The van der Waals surface area contributed by atoms with Crippen LogP contribution in [0.25, 0.3) is 0 Å². The number of hydrogen-bond donors (Lipinski definition) is 2. The van der Waals surface area contributed by atoms with E-state index in [4.69, 9.17) is 5.73 Å². The van der Waals surface area contributed by atoms with Gasteiger partial charge >= 0.3 is 5.97 Å². The zero-order valence-corrected chi connectivity index (χ0v) is 7.86. The lowest BCUT2D eigenvalue weighted by molar-refractivity contribution is 0.0593. The molecule has 14 heavy (non-hydrogen) atoms. The van der Waals surface area contributed by atoms with E-state index in [-0.39, 0.29) is 5.69 Å². The third-order valence-corrected chi connectivity index (χ3v) is 1.48. The average Bonchev–Trinajstić information content (AvgIpc) is 2.25. The minimum Gasteiger partial charge on any atom is -0.464 e. The molecule has 0 amide bonds. The van der Waals surface area contributed by atoms with E-state index in [2.05, 4.69) is 20.0 Å². The van der Waals surface area contributed by atoms with Crippen molar-refractivity contribution in [2.24, 2.45) is 5.73 Å². The van der Waals surface area contributed by atoms with Gasteiger partial charge in [0.15, 0.2) is 5.69 Å². The molecule has 0 saturated carbocycles. The van der Waals surface area contributed by atoms with Crippen molar-refractivity contribution in [3.05, 3.63) is 18.1 Å². The van der Waals surface area contributed by atoms with Crippen LogP contribution < -0.4 is 11.1 Å². The van der Waals surface area contributed by atoms with Crippen molar-refractivity contribution in [2.45, 2.75) is 0 Å². The number of anilines is 1. The van der Waals surface area contributed by atoms with Crippen LogP contribution in [0.15, 0.2) is 12.4 Å². The topological polar surface area (TPSA) is 90.1 Å². The van der Waals surface area contributed by atoms with Crippen LogP contribution in [0.4, 0.5) is 5.82 Å². The highest BCUT2D eigenvalue weighted by Gasteiger charge is 2.07. The fraction of sp³-hybridized carbons (Fsp3) is 0.375. The molecule has 0 aromatic carbocycles. The summed E-state index contributed by atoms with van der Waals surface area (Å²) >= 11 is 0. The second kappa shape index (κ2) is 5.13. The number of rotatable bonds is 4. The quantitative estimate of drug-likeness (QED) is 0.639. The predicted octanol–water partition coefficient (Wildman–Crippen LogP) is -0.366. The van der Waals surface area contributed by atoms with E-state index in [1.807, 2.05) is 0 Å². The Bertz CT molecular complexity index is 316. The summed E-state index contributed by atoms with van der Waals surface area (Å²) in [5.74, 6) is 0.00671. The Morgan fingerprint density at radius 2 is 2.43 bits per heavy atom. The largest absolute Gasteiger partial charge is 0.464 e. The fourth-order valence-corrected chi connectivity index (χ4v) is 0.854. The van der Waals surface area contributed by atoms with E-state index in [9.17, 15) is 4.79 Å². The van der Waals surface area contributed by atoms with Gasteiger partial charge in [0.05, 0.1) is 19.5 Å². The van der Waals surface area contributed by atoms with Crippen molar-refractivity contribution >= 4 is 11.8 Å². The number of esters is 1. The number of nitrogens with two attached hydrogens (primary N) is 1. The Labute approximate surface area is 81.5 Å². The Morgan fingerprint density at radius 1 is 1.64 bits per heavy atom. The standard InChI is InChI=1S/C8H12N4O2/c1-14-8(13)6-4-10-5-7(12-6)11-3-2-9/h4-5H,2-3,9H2,1H3,(H,11,12). The van der Waals surface area contributed by atoms with Gasteiger partial charge in [-0.25, -0.2) is 9.78 Å². The summed E-state index contributed by atoms with van der Waals surface area (Å²) in [7, 11) is 1.30. The van der Waals surface area contributed by atoms with E-state index >= 15 is 0 Å². The number of ether oxygens (including phenoxy) is 1. The highest BCUT2D eigenvalue weighted by molar-refractivity contribution is 5.87. The Balaban J connectivity index is 2.73. The molecule has 6 nitrogen and oxygen atoms in total. The van der Waals surface area contributed by atoms with Gasteiger partial charge in [0.2, 0.25) is 0 Å². The van der Waals surface area contributed by atoms with Crippen LogP contribution in [0, 0.1) is 0 Å². The van der Waals surface area contributed by atoms with Gasteiger partial charge in [-0.1, -0.05) is 0 Å². The summed E-state index contributed by atoms with van der Waals surface area (Å²) in [6.45, 7) is 1.07. The van der Waals surface area contributed by atoms with Gasteiger partial charge in [-0.05, 0) is 0 Å². The van der Waals surface area contributed by atoms with Crippen molar-refractivity contribution in [2.75, 3.05) is 25.5 Å². The first kappa shape index (κ1) is 10.4. The van der Waals surface area contributed by atoms with Crippen LogP contribution in [0.3, 0.4) is 0 Å². The van der Waals surface area contributed by atoms with Crippen molar-refractivity contribution in [3.63, 3.8) is 0 Å². The molecule has 76 valence electrons. The second-order valence-electron chi connectivity index (χ2n) is 2.50. The molecule has 0 aliphatic carbocycles. The molecule has 1 heterocycles. The SMILES string of the molecule is COC(=O)c1cncc(NCCN)n1. The maximum atomic E-state index is 11.1. The highest BCUT2D eigenvalue weighted by Crippen LogP contribution is 2.02. The van der Waals surface area contributed by atoms with Crippen LogP contribution in [0.1, 0.15) is 10.5 Å². The molecule has 0 unspecified atom stereocenters. The molecule has 1 aromatic heterocycles. The molecule has 1 rings (SSSR count). The molecule has 3 N–H and O–H groups in total. The molecule has 0 bridgehead atoms. The molecule has 1 aromatic rings. The Kier molecular flexibility index (Phi) is 3.81. The summed E-state index contributed by atoms with van der Waals surface area (Å²) < 4.78 is 4.50. The van der Waals surface area contributed by atoms with Gasteiger partial charge < -0.3 is 15.8 Å². The number of nitrogens with one attached hydrogen (secondary N) is 1. The lowest BCUT2D eigenvalue weighted by Gasteiger charge is -2.03. The van der Waals surface area contributed by atoms with Gasteiger partial charge in [-0.3, -0.25) is 4.98 Å². The minimum absolute atomic E-state index is 0.175. The number of hydrogen-bond acceptors (Lipinski definition) is 6. The monoisotopic (exact) mass is 196 g/mol.